The maximum Gasteiger partial charge on any atom is 0.264 e. The standard InChI is InChI=1S/C16H19N3O3S/c1-12-6-8-15(9-7-12)23(21,22)19(11-16(20)18-17)14-5-3-4-13(2)10-14/h3-10H,11,17H2,1-2H3,(H,18,20). The summed E-state index contributed by atoms with van der Waals surface area (Å²) in [5.41, 5.74) is 4.22. The summed E-state index contributed by atoms with van der Waals surface area (Å²) >= 11 is 0. The highest BCUT2D eigenvalue weighted by Gasteiger charge is 2.26. The molecule has 23 heavy (non-hydrogen) atoms. The SMILES string of the molecule is Cc1ccc(S(=O)(=O)N(CC(=O)NN)c2cccc(C)c2)cc1. The van der Waals surface area contributed by atoms with Crippen molar-refractivity contribution in [3.63, 3.8) is 0 Å². The number of benzene rings is 2. The molecule has 2 rings (SSSR count). The Balaban J connectivity index is 2.51. The number of carbonyl (C=O) groups is 1. The first-order chi connectivity index (χ1) is 10.8. The zero-order valence-electron chi connectivity index (χ0n) is 13.0. The lowest BCUT2D eigenvalue weighted by molar-refractivity contribution is -0.119. The van der Waals surface area contributed by atoms with E-state index in [-0.39, 0.29) is 4.90 Å². The molecule has 2 aromatic rings. The number of nitrogens with two attached hydrogens (primary N) is 1. The largest absolute Gasteiger partial charge is 0.293 e. The number of rotatable bonds is 5. The maximum atomic E-state index is 12.9. The van der Waals surface area contributed by atoms with Crippen LogP contribution in [0.5, 0.6) is 0 Å². The molecule has 6 nitrogen and oxygen atoms in total. The number of anilines is 1. The molecule has 2 aromatic carbocycles. The molecular formula is C16H19N3O3S. The van der Waals surface area contributed by atoms with Crippen molar-refractivity contribution in [1.29, 1.82) is 0 Å². The Kier molecular flexibility index (Phi) is 5.02. The van der Waals surface area contributed by atoms with Crippen LogP contribution in [-0.2, 0) is 14.8 Å². The van der Waals surface area contributed by atoms with Crippen LogP contribution in [0, 0.1) is 13.8 Å². The van der Waals surface area contributed by atoms with E-state index in [1.165, 1.54) is 12.1 Å². The second-order valence-corrected chi connectivity index (χ2v) is 7.09. The Morgan fingerprint density at radius 2 is 1.74 bits per heavy atom. The van der Waals surface area contributed by atoms with Crippen molar-refractivity contribution >= 4 is 21.6 Å². The Labute approximate surface area is 135 Å². The lowest BCUT2D eigenvalue weighted by Gasteiger charge is -2.24. The highest BCUT2D eigenvalue weighted by atomic mass is 32.2. The van der Waals surface area contributed by atoms with Crippen molar-refractivity contribution in [1.82, 2.24) is 5.43 Å². The summed E-state index contributed by atoms with van der Waals surface area (Å²) in [5.74, 6) is 4.51. The van der Waals surface area contributed by atoms with Gasteiger partial charge in [-0.05, 0) is 43.7 Å². The fourth-order valence-corrected chi connectivity index (χ4v) is 3.52. The molecule has 0 saturated heterocycles. The van der Waals surface area contributed by atoms with Gasteiger partial charge in [-0.1, -0.05) is 29.8 Å². The second kappa shape index (κ2) is 6.80. The third kappa shape index (κ3) is 3.88. The number of sulfonamides is 1. The maximum absolute atomic E-state index is 12.9. The predicted molar refractivity (Wildman–Crippen MR) is 89.2 cm³/mol. The number of aryl methyl sites for hydroxylation is 2. The Bertz CT molecular complexity index is 802. The van der Waals surface area contributed by atoms with Crippen molar-refractivity contribution in [2.45, 2.75) is 18.7 Å². The average molecular weight is 333 g/mol. The molecule has 0 unspecified atom stereocenters. The van der Waals surface area contributed by atoms with Crippen LogP contribution in [0.3, 0.4) is 0 Å². The van der Waals surface area contributed by atoms with Crippen LogP contribution in [0.2, 0.25) is 0 Å². The normalized spacial score (nSPS) is 11.1. The van der Waals surface area contributed by atoms with Crippen molar-refractivity contribution in [2.75, 3.05) is 10.8 Å². The van der Waals surface area contributed by atoms with E-state index < -0.39 is 22.5 Å². The topological polar surface area (TPSA) is 92.5 Å². The molecule has 0 radical (unpaired) electrons. The van der Waals surface area contributed by atoms with Gasteiger partial charge in [-0.2, -0.15) is 0 Å². The zero-order chi connectivity index (χ0) is 17.0. The zero-order valence-corrected chi connectivity index (χ0v) is 13.8. The van der Waals surface area contributed by atoms with Crippen molar-refractivity contribution in [3.05, 3.63) is 59.7 Å². The predicted octanol–water partition coefficient (Wildman–Crippen LogP) is 1.49. The molecule has 0 aliphatic rings. The van der Waals surface area contributed by atoms with Crippen LogP contribution in [0.25, 0.3) is 0 Å². The molecule has 0 atom stereocenters. The molecule has 122 valence electrons. The monoisotopic (exact) mass is 333 g/mol. The van der Waals surface area contributed by atoms with Gasteiger partial charge in [0.05, 0.1) is 10.6 Å². The van der Waals surface area contributed by atoms with Gasteiger partial charge in [0.1, 0.15) is 6.54 Å². The number of hydrazine groups is 1. The molecular weight excluding hydrogens is 314 g/mol. The minimum atomic E-state index is -3.88. The second-order valence-electron chi connectivity index (χ2n) is 5.23. The summed E-state index contributed by atoms with van der Waals surface area (Å²) in [5, 5.41) is 0. The van der Waals surface area contributed by atoms with Gasteiger partial charge in [-0.15, -0.1) is 0 Å². The van der Waals surface area contributed by atoms with E-state index in [1.807, 2.05) is 25.3 Å². The number of nitrogens with zero attached hydrogens (tertiary/aromatic N) is 1. The van der Waals surface area contributed by atoms with Gasteiger partial charge in [-0.3, -0.25) is 14.5 Å². The van der Waals surface area contributed by atoms with E-state index in [4.69, 9.17) is 5.84 Å². The summed E-state index contributed by atoms with van der Waals surface area (Å²) in [6.07, 6.45) is 0. The molecule has 0 heterocycles. The lowest BCUT2D eigenvalue weighted by Crippen LogP contribution is -2.43. The molecule has 0 fully saturated rings. The first kappa shape index (κ1) is 17.0. The average Bonchev–Trinajstić information content (AvgIpc) is 2.52. The fraction of sp³-hybridized carbons (Fsp3) is 0.188. The third-order valence-electron chi connectivity index (χ3n) is 3.35. The van der Waals surface area contributed by atoms with Gasteiger partial charge < -0.3 is 0 Å². The molecule has 0 bridgehead atoms. The highest BCUT2D eigenvalue weighted by Crippen LogP contribution is 2.24. The van der Waals surface area contributed by atoms with E-state index in [2.05, 4.69) is 0 Å². The molecule has 0 spiro atoms. The number of nitrogens with one attached hydrogen (secondary N) is 1. The van der Waals surface area contributed by atoms with Gasteiger partial charge in [0.15, 0.2) is 0 Å². The molecule has 3 N–H and O–H groups in total. The summed E-state index contributed by atoms with van der Waals surface area (Å²) in [6, 6.07) is 13.4. The number of carbonyl (C=O) groups excluding carboxylic acids is 1. The van der Waals surface area contributed by atoms with Gasteiger partial charge >= 0.3 is 0 Å². The number of hydrogen-bond donors (Lipinski definition) is 2. The van der Waals surface area contributed by atoms with Crippen molar-refractivity contribution in [2.24, 2.45) is 5.84 Å². The van der Waals surface area contributed by atoms with E-state index >= 15 is 0 Å². The van der Waals surface area contributed by atoms with Crippen LogP contribution in [-0.4, -0.2) is 20.9 Å². The summed E-state index contributed by atoms with van der Waals surface area (Å²) in [4.78, 5) is 11.8. The lowest BCUT2D eigenvalue weighted by atomic mass is 10.2. The van der Waals surface area contributed by atoms with Crippen LogP contribution >= 0.6 is 0 Å². The molecule has 7 heteroatoms. The number of amides is 1. The first-order valence-electron chi connectivity index (χ1n) is 7.00. The minimum Gasteiger partial charge on any atom is -0.293 e. The van der Waals surface area contributed by atoms with Crippen LogP contribution in [0.4, 0.5) is 5.69 Å². The Morgan fingerprint density at radius 1 is 1.09 bits per heavy atom. The molecule has 0 aromatic heterocycles. The van der Waals surface area contributed by atoms with E-state index in [0.717, 1.165) is 15.4 Å². The van der Waals surface area contributed by atoms with Gasteiger partial charge in [0.2, 0.25) is 0 Å². The molecule has 0 saturated carbocycles. The van der Waals surface area contributed by atoms with Crippen molar-refractivity contribution < 1.29 is 13.2 Å². The van der Waals surface area contributed by atoms with Gasteiger partial charge in [0, 0.05) is 0 Å². The van der Waals surface area contributed by atoms with E-state index in [1.54, 1.807) is 30.3 Å². The van der Waals surface area contributed by atoms with Crippen molar-refractivity contribution in [3.8, 4) is 0 Å². The molecule has 0 aliphatic heterocycles. The molecule has 0 aliphatic carbocycles. The smallest absolute Gasteiger partial charge is 0.264 e. The quantitative estimate of drug-likeness (QED) is 0.492. The number of hydrogen-bond acceptors (Lipinski definition) is 4. The summed E-state index contributed by atoms with van der Waals surface area (Å²) < 4.78 is 26.9. The first-order valence-corrected chi connectivity index (χ1v) is 8.44. The minimum absolute atomic E-state index is 0.120. The highest BCUT2D eigenvalue weighted by molar-refractivity contribution is 7.92. The Hall–Kier alpha value is -2.38. The van der Waals surface area contributed by atoms with Crippen LogP contribution < -0.4 is 15.6 Å². The third-order valence-corrected chi connectivity index (χ3v) is 5.13. The summed E-state index contributed by atoms with van der Waals surface area (Å²) in [7, 11) is -3.88. The fourth-order valence-electron chi connectivity index (χ4n) is 2.11. The summed E-state index contributed by atoms with van der Waals surface area (Å²) in [6.45, 7) is 3.33. The van der Waals surface area contributed by atoms with E-state index in [9.17, 15) is 13.2 Å². The molecule has 1 amide bonds. The van der Waals surface area contributed by atoms with Gasteiger partial charge in [-0.25, -0.2) is 14.3 Å². The Morgan fingerprint density at radius 3 is 2.30 bits per heavy atom. The van der Waals surface area contributed by atoms with Crippen LogP contribution in [0.1, 0.15) is 11.1 Å². The van der Waals surface area contributed by atoms with Crippen LogP contribution in [0.15, 0.2) is 53.4 Å². The van der Waals surface area contributed by atoms with Gasteiger partial charge in [0.25, 0.3) is 15.9 Å². The van der Waals surface area contributed by atoms with E-state index in [0.29, 0.717) is 5.69 Å².